The second kappa shape index (κ2) is 9.14. The van der Waals surface area contributed by atoms with Crippen molar-refractivity contribution in [2.45, 2.75) is 40.0 Å². The lowest BCUT2D eigenvalue weighted by atomic mass is 9.86. The van der Waals surface area contributed by atoms with Gasteiger partial charge in [0.15, 0.2) is 5.76 Å². The predicted molar refractivity (Wildman–Crippen MR) is 137 cm³/mol. The molecule has 4 rings (SSSR count). The minimum absolute atomic E-state index is 0.0175. The third-order valence-corrected chi connectivity index (χ3v) is 5.71. The molecule has 0 aliphatic rings. The summed E-state index contributed by atoms with van der Waals surface area (Å²) in [5, 5.41) is 0.375. The zero-order valence-electron chi connectivity index (χ0n) is 20.1. The van der Waals surface area contributed by atoms with Crippen LogP contribution in [0.25, 0.3) is 28.4 Å². The normalized spacial score (nSPS) is 11.8. The van der Waals surface area contributed by atoms with Crippen LogP contribution in [-0.4, -0.2) is 5.97 Å². The standard InChI is InChI=1S/C30H28O4/c1-19-6-9-21(10-7-19)11-17-26(31)34-29-27(32)24-18-20(2)8-16-25(24)33-28(29)22-12-14-23(15-13-22)30(3,4)5/h6-18H,1-5H3. The molecule has 4 aromatic rings. The van der Waals surface area contributed by atoms with Crippen LogP contribution in [0.4, 0.5) is 0 Å². The molecule has 0 bridgehead atoms. The van der Waals surface area contributed by atoms with E-state index in [1.54, 1.807) is 18.2 Å². The van der Waals surface area contributed by atoms with Gasteiger partial charge in [0, 0.05) is 11.6 Å². The third-order valence-electron chi connectivity index (χ3n) is 5.71. The Morgan fingerprint density at radius 3 is 2.18 bits per heavy atom. The highest BCUT2D eigenvalue weighted by Crippen LogP contribution is 2.33. The second-order valence-corrected chi connectivity index (χ2v) is 9.58. The number of esters is 1. The topological polar surface area (TPSA) is 56.5 Å². The molecule has 0 fully saturated rings. The van der Waals surface area contributed by atoms with E-state index in [9.17, 15) is 9.59 Å². The average Bonchev–Trinajstić information content (AvgIpc) is 2.80. The van der Waals surface area contributed by atoms with E-state index in [0.717, 1.165) is 22.3 Å². The Bertz CT molecular complexity index is 1430. The first-order valence-corrected chi connectivity index (χ1v) is 11.3. The summed E-state index contributed by atoms with van der Waals surface area (Å²) in [6, 6.07) is 20.9. The van der Waals surface area contributed by atoms with Crippen molar-refractivity contribution in [1.82, 2.24) is 0 Å². The SMILES string of the molecule is Cc1ccc(C=CC(=O)Oc2c(-c3ccc(C(C)(C)C)cc3)oc3ccc(C)cc3c2=O)cc1. The van der Waals surface area contributed by atoms with E-state index >= 15 is 0 Å². The molecular weight excluding hydrogens is 424 g/mol. The summed E-state index contributed by atoms with van der Waals surface area (Å²) in [7, 11) is 0. The summed E-state index contributed by atoms with van der Waals surface area (Å²) in [5.41, 5.74) is 4.77. The minimum atomic E-state index is -0.646. The highest BCUT2D eigenvalue weighted by atomic mass is 16.5. The summed E-state index contributed by atoms with van der Waals surface area (Å²) in [6.07, 6.45) is 2.98. The number of carbonyl (C=O) groups is 1. The Kier molecular flexibility index (Phi) is 6.25. The Morgan fingerprint density at radius 1 is 0.882 bits per heavy atom. The highest BCUT2D eigenvalue weighted by Gasteiger charge is 2.21. The van der Waals surface area contributed by atoms with Crippen molar-refractivity contribution in [3.8, 4) is 17.1 Å². The van der Waals surface area contributed by atoms with E-state index in [1.165, 1.54) is 6.08 Å². The van der Waals surface area contributed by atoms with Crippen molar-refractivity contribution >= 4 is 23.0 Å². The molecule has 3 aromatic carbocycles. The quantitative estimate of drug-likeness (QED) is 0.247. The van der Waals surface area contributed by atoms with E-state index in [0.29, 0.717) is 16.5 Å². The minimum Gasteiger partial charge on any atom is -0.452 e. The van der Waals surface area contributed by atoms with Gasteiger partial charge in [0.2, 0.25) is 11.2 Å². The molecular formula is C30H28O4. The van der Waals surface area contributed by atoms with Crippen LogP contribution in [0, 0.1) is 13.8 Å². The molecule has 0 unspecified atom stereocenters. The van der Waals surface area contributed by atoms with Crippen molar-refractivity contribution in [1.29, 1.82) is 0 Å². The first kappa shape index (κ1) is 23.2. The largest absolute Gasteiger partial charge is 0.452 e. The Morgan fingerprint density at radius 2 is 1.53 bits per heavy atom. The molecule has 0 atom stereocenters. The van der Waals surface area contributed by atoms with Gasteiger partial charge in [-0.2, -0.15) is 0 Å². The number of carbonyl (C=O) groups excluding carboxylic acids is 1. The Balaban J connectivity index is 1.77. The Labute approximate surface area is 199 Å². The summed E-state index contributed by atoms with van der Waals surface area (Å²) in [6.45, 7) is 10.3. The van der Waals surface area contributed by atoms with Crippen LogP contribution in [0.2, 0.25) is 0 Å². The van der Waals surface area contributed by atoms with Crippen LogP contribution in [0.5, 0.6) is 5.75 Å². The van der Waals surface area contributed by atoms with Gasteiger partial charge in [0.25, 0.3) is 0 Å². The van der Waals surface area contributed by atoms with Crippen molar-refractivity contribution in [2.24, 2.45) is 0 Å². The van der Waals surface area contributed by atoms with E-state index in [-0.39, 0.29) is 22.4 Å². The number of hydrogen-bond donors (Lipinski definition) is 0. The zero-order chi connectivity index (χ0) is 24.5. The summed E-state index contributed by atoms with van der Waals surface area (Å²) in [4.78, 5) is 26.1. The summed E-state index contributed by atoms with van der Waals surface area (Å²) >= 11 is 0. The Hall–Kier alpha value is -3.92. The smallest absolute Gasteiger partial charge is 0.336 e. The van der Waals surface area contributed by atoms with Gasteiger partial charge in [-0.25, -0.2) is 4.79 Å². The van der Waals surface area contributed by atoms with Gasteiger partial charge in [-0.05, 0) is 48.6 Å². The number of rotatable bonds is 4. The van der Waals surface area contributed by atoms with Gasteiger partial charge in [0.1, 0.15) is 5.58 Å². The maximum absolute atomic E-state index is 13.4. The van der Waals surface area contributed by atoms with Gasteiger partial charge in [-0.15, -0.1) is 0 Å². The van der Waals surface area contributed by atoms with Gasteiger partial charge in [-0.3, -0.25) is 4.79 Å². The van der Waals surface area contributed by atoms with Gasteiger partial charge >= 0.3 is 5.97 Å². The van der Waals surface area contributed by atoms with Crippen LogP contribution in [-0.2, 0) is 10.2 Å². The van der Waals surface area contributed by atoms with Crippen LogP contribution in [0.1, 0.15) is 43.0 Å². The lowest BCUT2D eigenvalue weighted by molar-refractivity contribution is -0.129. The number of fused-ring (bicyclic) bond motifs is 1. The van der Waals surface area contributed by atoms with Crippen molar-refractivity contribution < 1.29 is 13.9 Å². The van der Waals surface area contributed by atoms with E-state index in [1.807, 2.05) is 68.4 Å². The van der Waals surface area contributed by atoms with Crippen LogP contribution < -0.4 is 10.2 Å². The van der Waals surface area contributed by atoms with Gasteiger partial charge < -0.3 is 9.15 Å². The molecule has 0 saturated carbocycles. The molecule has 0 aliphatic heterocycles. The van der Waals surface area contributed by atoms with E-state index < -0.39 is 5.97 Å². The van der Waals surface area contributed by atoms with Crippen molar-refractivity contribution in [3.63, 3.8) is 0 Å². The van der Waals surface area contributed by atoms with Gasteiger partial charge in [0.05, 0.1) is 5.39 Å². The molecule has 0 radical (unpaired) electrons. The van der Waals surface area contributed by atoms with Crippen LogP contribution >= 0.6 is 0 Å². The van der Waals surface area contributed by atoms with Crippen molar-refractivity contribution in [2.75, 3.05) is 0 Å². The van der Waals surface area contributed by atoms with Crippen LogP contribution in [0.15, 0.2) is 82.0 Å². The van der Waals surface area contributed by atoms with Crippen molar-refractivity contribution in [3.05, 3.63) is 105 Å². The number of aryl methyl sites for hydroxylation is 2. The average molecular weight is 453 g/mol. The molecule has 0 saturated heterocycles. The molecule has 0 N–H and O–H groups in total. The molecule has 0 aliphatic carbocycles. The molecule has 0 amide bonds. The first-order chi connectivity index (χ1) is 16.1. The lowest BCUT2D eigenvalue weighted by Crippen LogP contribution is -2.14. The molecule has 34 heavy (non-hydrogen) atoms. The first-order valence-electron chi connectivity index (χ1n) is 11.3. The number of ether oxygens (including phenoxy) is 1. The molecule has 1 aromatic heterocycles. The maximum Gasteiger partial charge on any atom is 0.336 e. The number of benzene rings is 3. The highest BCUT2D eigenvalue weighted by molar-refractivity contribution is 5.91. The molecule has 1 heterocycles. The molecule has 4 nitrogen and oxygen atoms in total. The maximum atomic E-state index is 13.4. The lowest BCUT2D eigenvalue weighted by Gasteiger charge is -2.19. The summed E-state index contributed by atoms with van der Waals surface area (Å²) < 4.78 is 11.7. The van der Waals surface area contributed by atoms with E-state index in [2.05, 4.69) is 20.8 Å². The predicted octanol–water partition coefficient (Wildman–Crippen LogP) is 6.99. The fourth-order valence-corrected chi connectivity index (χ4v) is 3.67. The zero-order valence-corrected chi connectivity index (χ0v) is 20.1. The van der Waals surface area contributed by atoms with Crippen LogP contribution in [0.3, 0.4) is 0 Å². The monoisotopic (exact) mass is 452 g/mol. The summed E-state index contributed by atoms with van der Waals surface area (Å²) in [5.74, 6) is -0.522. The second-order valence-electron chi connectivity index (χ2n) is 9.58. The van der Waals surface area contributed by atoms with E-state index in [4.69, 9.17) is 9.15 Å². The fourth-order valence-electron chi connectivity index (χ4n) is 3.67. The molecule has 172 valence electrons. The van der Waals surface area contributed by atoms with Gasteiger partial charge in [-0.1, -0.05) is 86.5 Å². The number of hydrogen-bond acceptors (Lipinski definition) is 4. The molecule has 0 spiro atoms. The fraction of sp³-hybridized carbons (Fsp3) is 0.200. The third kappa shape index (κ3) is 5.01. The molecule has 4 heteroatoms.